The minimum Gasteiger partial charge on any atom is -0.341 e. The number of nitrogens with zero attached hydrogens (tertiary/aromatic N) is 1. The molecular weight excluding hydrogens is 400 g/mol. The van der Waals surface area contributed by atoms with E-state index in [0.29, 0.717) is 5.75 Å². The van der Waals surface area contributed by atoms with Crippen LogP contribution in [0.5, 0.6) is 0 Å². The van der Waals surface area contributed by atoms with Crippen LogP contribution in [0.2, 0.25) is 0 Å². The molecule has 0 radical (unpaired) electrons. The fraction of sp³-hybridized carbons (Fsp3) is 0.391. The standard InChI is InChI=1S/C23H28N2O4S/c1-15(2)20(24-21(26)17-8-12-19(13-9-17)25(28)29)22(27)30-14-16-6-10-18(11-7-16)23(3,4)5/h6-13,15,20H,14H2,1-5H3,(H,24,26). The highest BCUT2D eigenvalue weighted by molar-refractivity contribution is 8.13. The lowest BCUT2D eigenvalue weighted by atomic mass is 9.87. The molecule has 2 aromatic carbocycles. The zero-order valence-corrected chi connectivity index (χ0v) is 18.8. The highest BCUT2D eigenvalue weighted by atomic mass is 32.2. The number of thioether (sulfide) groups is 1. The van der Waals surface area contributed by atoms with E-state index in [0.717, 1.165) is 5.56 Å². The summed E-state index contributed by atoms with van der Waals surface area (Å²) in [5, 5.41) is 13.4. The SMILES string of the molecule is CC(C)C(NC(=O)c1ccc([N+](=O)[O-])cc1)C(=O)SCc1ccc(C(C)(C)C)cc1. The number of hydrogen-bond acceptors (Lipinski definition) is 5. The van der Waals surface area contributed by atoms with Gasteiger partial charge in [-0.15, -0.1) is 0 Å². The van der Waals surface area contributed by atoms with Crippen LogP contribution in [-0.4, -0.2) is 22.0 Å². The fourth-order valence-electron chi connectivity index (χ4n) is 2.80. The topological polar surface area (TPSA) is 89.3 Å². The van der Waals surface area contributed by atoms with Gasteiger partial charge in [0, 0.05) is 23.4 Å². The van der Waals surface area contributed by atoms with E-state index in [9.17, 15) is 19.7 Å². The van der Waals surface area contributed by atoms with Crippen LogP contribution in [0.3, 0.4) is 0 Å². The molecule has 0 heterocycles. The molecule has 160 valence electrons. The van der Waals surface area contributed by atoms with E-state index in [1.165, 1.54) is 41.6 Å². The third kappa shape index (κ3) is 6.42. The number of nitro benzene ring substituents is 1. The summed E-state index contributed by atoms with van der Waals surface area (Å²) < 4.78 is 0. The molecular formula is C23H28N2O4S. The van der Waals surface area contributed by atoms with Gasteiger partial charge in [0.05, 0.1) is 4.92 Å². The lowest BCUT2D eigenvalue weighted by Crippen LogP contribution is -2.43. The average molecular weight is 429 g/mol. The minimum absolute atomic E-state index is 0.0758. The molecule has 0 aliphatic carbocycles. The minimum atomic E-state index is -0.647. The number of rotatable bonds is 7. The monoisotopic (exact) mass is 428 g/mol. The molecule has 2 rings (SSSR count). The van der Waals surface area contributed by atoms with Gasteiger partial charge in [-0.25, -0.2) is 0 Å². The predicted octanol–water partition coefficient (Wildman–Crippen LogP) is 5.11. The van der Waals surface area contributed by atoms with E-state index in [2.05, 4.69) is 38.2 Å². The maximum atomic E-state index is 12.8. The van der Waals surface area contributed by atoms with Gasteiger partial charge in [0.15, 0.2) is 0 Å². The number of nitro groups is 1. The van der Waals surface area contributed by atoms with Gasteiger partial charge in [-0.1, -0.05) is 70.6 Å². The third-order valence-electron chi connectivity index (χ3n) is 4.75. The molecule has 30 heavy (non-hydrogen) atoms. The predicted molar refractivity (Wildman–Crippen MR) is 121 cm³/mol. The highest BCUT2D eigenvalue weighted by Gasteiger charge is 2.25. The van der Waals surface area contributed by atoms with E-state index in [1.54, 1.807) is 0 Å². The molecule has 1 unspecified atom stereocenters. The number of nitrogens with one attached hydrogen (secondary N) is 1. The van der Waals surface area contributed by atoms with Crippen molar-refractivity contribution in [2.45, 2.75) is 51.8 Å². The zero-order valence-electron chi connectivity index (χ0n) is 18.0. The molecule has 0 fully saturated rings. The van der Waals surface area contributed by atoms with Crippen molar-refractivity contribution in [1.29, 1.82) is 0 Å². The van der Waals surface area contributed by atoms with Crippen LogP contribution in [-0.2, 0) is 16.0 Å². The van der Waals surface area contributed by atoms with E-state index >= 15 is 0 Å². The van der Waals surface area contributed by atoms with Gasteiger partial charge in [-0.3, -0.25) is 19.7 Å². The highest BCUT2D eigenvalue weighted by Crippen LogP contribution is 2.24. The molecule has 6 nitrogen and oxygen atoms in total. The number of carbonyl (C=O) groups excluding carboxylic acids is 2. The van der Waals surface area contributed by atoms with Gasteiger partial charge in [0.2, 0.25) is 5.12 Å². The third-order valence-corrected chi connectivity index (χ3v) is 5.76. The molecule has 0 aliphatic rings. The van der Waals surface area contributed by atoms with Crippen molar-refractivity contribution >= 4 is 28.5 Å². The van der Waals surface area contributed by atoms with Gasteiger partial charge >= 0.3 is 0 Å². The van der Waals surface area contributed by atoms with E-state index < -0.39 is 16.9 Å². The Morgan fingerprint density at radius 3 is 2.07 bits per heavy atom. The van der Waals surface area contributed by atoms with Gasteiger partial charge in [0.1, 0.15) is 6.04 Å². The molecule has 1 atom stereocenters. The lowest BCUT2D eigenvalue weighted by Gasteiger charge is -2.21. The van der Waals surface area contributed by atoms with E-state index in [-0.39, 0.29) is 27.7 Å². The first-order chi connectivity index (χ1) is 14.0. The van der Waals surface area contributed by atoms with Crippen LogP contribution in [0, 0.1) is 16.0 Å². The van der Waals surface area contributed by atoms with Crippen molar-refractivity contribution in [1.82, 2.24) is 5.32 Å². The number of carbonyl (C=O) groups is 2. The van der Waals surface area contributed by atoms with Crippen LogP contribution < -0.4 is 5.32 Å². The maximum absolute atomic E-state index is 12.8. The zero-order chi connectivity index (χ0) is 22.5. The second-order valence-electron chi connectivity index (χ2n) is 8.55. The molecule has 0 aliphatic heterocycles. The van der Waals surface area contributed by atoms with Crippen molar-refractivity contribution in [3.8, 4) is 0 Å². The Bertz CT molecular complexity index is 900. The summed E-state index contributed by atoms with van der Waals surface area (Å²) in [5.74, 6) is 0.0159. The van der Waals surface area contributed by atoms with Gasteiger partial charge in [-0.2, -0.15) is 0 Å². The van der Waals surface area contributed by atoms with Crippen LogP contribution in [0.4, 0.5) is 5.69 Å². The average Bonchev–Trinajstić information content (AvgIpc) is 2.69. The molecule has 7 heteroatoms. The van der Waals surface area contributed by atoms with E-state index in [1.807, 2.05) is 26.0 Å². The lowest BCUT2D eigenvalue weighted by molar-refractivity contribution is -0.384. The smallest absolute Gasteiger partial charge is 0.269 e. The first kappa shape index (κ1) is 23.6. The first-order valence-electron chi connectivity index (χ1n) is 9.80. The summed E-state index contributed by atoms with van der Waals surface area (Å²) in [5.41, 5.74) is 2.55. The van der Waals surface area contributed by atoms with Gasteiger partial charge in [0.25, 0.3) is 11.6 Å². The Balaban J connectivity index is 2.00. The van der Waals surface area contributed by atoms with Crippen molar-refractivity contribution < 1.29 is 14.5 Å². The molecule has 0 saturated carbocycles. The summed E-state index contributed by atoms with van der Waals surface area (Å²) in [4.78, 5) is 35.5. The quantitative estimate of drug-likeness (QED) is 0.489. The van der Waals surface area contributed by atoms with Crippen molar-refractivity contribution in [3.05, 3.63) is 75.3 Å². The van der Waals surface area contributed by atoms with Crippen LogP contribution in [0.1, 0.15) is 56.1 Å². The second-order valence-corrected chi connectivity index (χ2v) is 9.53. The van der Waals surface area contributed by atoms with Crippen LogP contribution >= 0.6 is 11.8 Å². The Morgan fingerprint density at radius 1 is 1.03 bits per heavy atom. The Kier molecular flexibility index (Phi) is 7.78. The summed E-state index contributed by atoms with van der Waals surface area (Å²) in [6.07, 6.45) is 0. The molecule has 0 saturated heterocycles. The van der Waals surface area contributed by atoms with Gasteiger partial charge in [-0.05, 0) is 34.6 Å². The van der Waals surface area contributed by atoms with Crippen molar-refractivity contribution in [2.75, 3.05) is 0 Å². The summed E-state index contributed by atoms with van der Waals surface area (Å²) >= 11 is 1.18. The Morgan fingerprint density at radius 2 is 1.60 bits per heavy atom. The Hall–Kier alpha value is -2.67. The fourth-order valence-corrected chi connectivity index (χ4v) is 3.81. The maximum Gasteiger partial charge on any atom is 0.269 e. The normalized spacial score (nSPS) is 12.5. The first-order valence-corrected chi connectivity index (χ1v) is 10.8. The van der Waals surface area contributed by atoms with E-state index in [4.69, 9.17) is 0 Å². The number of benzene rings is 2. The summed E-state index contributed by atoms with van der Waals surface area (Å²) in [6.45, 7) is 10.2. The Labute approximate surface area is 181 Å². The van der Waals surface area contributed by atoms with Crippen molar-refractivity contribution in [3.63, 3.8) is 0 Å². The molecule has 1 amide bonds. The van der Waals surface area contributed by atoms with Crippen LogP contribution in [0.25, 0.3) is 0 Å². The number of non-ortho nitro benzene ring substituents is 1. The van der Waals surface area contributed by atoms with Crippen molar-refractivity contribution in [2.24, 2.45) is 5.92 Å². The summed E-state index contributed by atoms with van der Waals surface area (Å²) in [6, 6.07) is 12.9. The molecule has 0 spiro atoms. The largest absolute Gasteiger partial charge is 0.341 e. The van der Waals surface area contributed by atoms with Gasteiger partial charge < -0.3 is 5.32 Å². The molecule has 2 aromatic rings. The molecule has 0 aromatic heterocycles. The number of hydrogen-bond donors (Lipinski definition) is 1. The second kappa shape index (κ2) is 9.89. The van der Waals surface area contributed by atoms with Crippen LogP contribution in [0.15, 0.2) is 48.5 Å². The summed E-state index contributed by atoms with van der Waals surface area (Å²) in [7, 11) is 0. The molecule has 1 N–H and O–H groups in total. The molecule has 0 bridgehead atoms. The number of amides is 1.